The van der Waals surface area contributed by atoms with Crippen molar-refractivity contribution in [3.05, 3.63) is 27.8 Å². The molecular formula is C21H26F2N2O5. The molecule has 7 nitrogen and oxygen atoms in total. The highest BCUT2D eigenvalue weighted by atomic mass is 19.3. The molecule has 4 aliphatic carbocycles. The molecular weight excluding hydrogens is 398 g/mol. The van der Waals surface area contributed by atoms with Crippen LogP contribution in [0.4, 0.5) is 14.5 Å². The number of alkyl halides is 2. The summed E-state index contributed by atoms with van der Waals surface area (Å²) in [6.45, 7) is -1.20. The molecule has 0 aromatic heterocycles. The normalized spacial score (nSPS) is 30.2. The van der Waals surface area contributed by atoms with E-state index in [1.165, 1.54) is 26.4 Å². The molecule has 1 N–H and O–H groups in total. The first-order valence-corrected chi connectivity index (χ1v) is 10.3. The van der Waals surface area contributed by atoms with Gasteiger partial charge in [0.25, 0.3) is 11.6 Å². The standard InChI is InChI=1S/C21H26F2N2O5/c1-11(21-8-12-3-13(9-21)5-14(4-12)10-21)24-19(26)15-6-17(29-2)18(30-20(22)23)7-16(15)25(27)28/h6-7,11-14,20H,3-5,8-10H2,1-2H3,(H,24,26). The second-order valence-electron chi connectivity index (χ2n) is 9.13. The summed E-state index contributed by atoms with van der Waals surface area (Å²) in [4.78, 5) is 23.8. The molecule has 1 amide bonds. The van der Waals surface area contributed by atoms with Crippen molar-refractivity contribution in [1.29, 1.82) is 0 Å². The summed E-state index contributed by atoms with van der Waals surface area (Å²) >= 11 is 0. The fraction of sp³-hybridized carbons (Fsp3) is 0.667. The number of hydrogen-bond acceptors (Lipinski definition) is 5. The molecule has 164 valence electrons. The lowest BCUT2D eigenvalue weighted by Crippen LogP contribution is -2.55. The Morgan fingerprint density at radius 3 is 2.20 bits per heavy atom. The topological polar surface area (TPSA) is 90.7 Å². The monoisotopic (exact) mass is 424 g/mol. The van der Waals surface area contributed by atoms with Gasteiger partial charge in [-0.2, -0.15) is 8.78 Å². The minimum Gasteiger partial charge on any atom is -0.493 e. The number of carbonyl (C=O) groups excluding carboxylic acids is 1. The molecule has 1 unspecified atom stereocenters. The zero-order chi connectivity index (χ0) is 21.6. The van der Waals surface area contributed by atoms with Gasteiger partial charge in [-0.05, 0) is 68.6 Å². The van der Waals surface area contributed by atoms with E-state index in [0.29, 0.717) is 17.8 Å². The van der Waals surface area contributed by atoms with Gasteiger partial charge in [-0.3, -0.25) is 14.9 Å². The highest BCUT2D eigenvalue weighted by Gasteiger charge is 2.53. The van der Waals surface area contributed by atoms with Crippen molar-refractivity contribution in [1.82, 2.24) is 5.32 Å². The Morgan fingerprint density at radius 1 is 1.17 bits per heavy atom. The van der Waals surface area contributed by atoms with Crippen molar-refractivity contribution < 1.29 is 28.0 Å². The van der Waals surface area contributed by atoms with E-state index in [1.54, 1.807) is 0 Å². The van der Waals surface area contributed by atoms with Gasteiger partial charge in [-0.15, -0.1) is 0 Å². The van der Waals surface area contributed by atoms with E-state index in [1.807, 2.05) is 6.92 Å². The average Bonchev–Trinajstić information content (AvgIpc) is 2.65. The lowest BCUT2D eigenvalue weighted by molar-refractivity contribution is -0.385. The van der Waals surface area contributed by atoms with Gasteiger partial charge in [0.1, 0.15) is 5.56 Å². The van der Waals surface area contributed by atoms with Crippen LogP contribution >= 0.6 is 0 Å². The number of nitro groups is 1. The Bertz CT molecular complexity index is 825. The first kappa shape index (κ1) is 20.8. The SMILES string of the molecule is COc1cc(C(=O)NC(C)C23CC4CC(CC(C4)C2)C3)c([N+](=O)[O-])cc1OC(F)F. The Morgan fingerprint density at radius 2 is 1.73 bits per heavy atom. The maximum absolute atomic E-state index is 13.0. The quantitative estimate of drug-likeness (QED) is 0.513. The van der Waals surface area contributed by atoms with Gasteiger partial charge in [-0.25, -0.2) is 0 Å². The van der Waals surface area contributed by atoms with Gasteiger partial charge in [-0.1, -0.05) is 0 Å². The molecule has 4 fully saturated rings. The van der Waals surface area contributed by atoms with Crippen molar-refractivity contribution in [2.75, 3.05) is 7.11 Å². The second-order valence-corrected chi connectivity index (χ2v) is 9.13. The number of nitrogens with zero attached hydrogens (tertiary/aromatic N) is 1. The van der Waals surface area contributed by atoms with Crippen molar-refractivity contribution >= 4 is 11.6 Å². The lowest BCUT2D eigenvalue weighted by atomic mass is 9.48. The third-order valence-electron chi connectivity index (χ3n) is 7.29. The molecule has 1 aromatic rings. The van der Waals surface area contributed by atoms with E-state index < -0.39 is 28.9 Å². The van der Waals surface area contributed by atoms with Gasteiger partial charge in [0.2, 0.25) is 0 Å². The number of amides is 1. The van der Waals surface area contributed by atoms with Crippen LogP contribution in [0.2, 0.25) is 0 Å². The number of carbonyl (C=O) groups is 1. The highest BCUT2D eigenvalue weighted by Crippen LogP contribution is 2.61. The van der Waals surface area contributed by atoms with Gasteiger partial charge < -0.3 is 14.8 Å². The number of hydrogen-bond donors (Lipinski definition) is 1. The Labute approximate surface area is 173 Å². The van der Waals surface area contributed by atoms with Gasteiger partial charge in [0.05, 0.1) is 18.1 Å². The zero-order valence-corrected chi connectivity index (χ0v) is 17.0. The van der Waals surface area contributed by atoms with Crippen LogP contribution in [-0.4, -0.2) is 30.6 Å². The highest BCUT2D eigenvalue weighted by molar-refractivity contribution is 5.99. The molecule has 1 aromatic carbocycles. The fourth-order valence-electron chi connectivity index (χ4n) is 6.37. The van der Waals surface area contributed by atoms with Crippen LogP contribution in [0.15, 0.2) is 12.1 Å². The molecule has 4 bridgehead atoms. The van der Waals surface area contributed by atoms with Gasteiger partial charge in [0, 0.05) is 12.1 Å². The van der Waals surface area contributed by atoms with Crippen LogP contribution in [0.1, 0.15) is 55.8 Å². The fourth-order valence-corrected chi connectivity index (χ4v) is 6.37. The third-order valence-corrected chi connectivity index (χ3v) is 7.29. The predicted molar refractivity (Wildman–Crippen MR) is 104 cm³/mol. The van der Waals surface area contributed by atoms with Crippen LogP contribution < -0.4 is 14.8 Å². The zero-order valence-electron chi connectivity index (χ0n) is 17.0. The maximum atomic E-state index is 13.0. The van der Waals surface area contributed by atoms with Crippen molar-refractivity contribution in [2.24, 2.45) is 23.2 Å². The number of ether oxygens (including phenoxy) is 2. The molecule has 4 aliphatic rings. The first-order chi connectivity index (χ1) is 14.2. The minimum atomic E-state index is -3.17. The number of nitrogens with one attached hydrogen (secondary N) is 1. The Balaban J connectivity index is 1.59. The minimum absolute atomic E-state index is 0.0298. The van der Waals surface area contributed by atoms with Crippen molar-refractivity contribution in [3.8, 4) is 11.5 Å². The second kappa shape index (κ2) is 7.67. The summed E-state index contributed by atoms with van der Waals surface area (Å²) in [5.74, 6) is 0.868. The summed E-state index contributed by atoms with van der Waals surface area (Å²) < 4.78 is 34.6. The Kier molecular flexibility index (Phi) is 5.32. The summed E-state index contributed by atoms with van der Waals surface area (Å²) in [6.07, 6.45) is 7.05. The van der Waals surface area contributed by atoms with E-state index in [2.05, 4.69) is 10.1 Å². The summed E-state index contributed by atoms with van der Waals surface area (Å²) in [6, 6.07) is 1.77. The molecule has 9 heteroatoms. The summed E-state index contributed by atoms with van der Waals surface area (Å²) in [5, 5.41) is 14.5. The molecule has 30 heavy (non-hydrogen) atoms. The number of rotatable bonds is 7. The maximum Gasteiger partial charge on any atom is 0.387 e. The van der Waals surface area contributed by atoms with Crippen LogP contribution in [-0.2, 0) is 0 Å². The predicted octanol–water partition coefficient (Wildman–Crippen LogP) is 4.54. The van der Waals surface area contributed by atoms with Crippen molar-refractivity contribution in [3.63, 3.8) is 0 Å². The van der Waals surface area contributed by atoms with Crippen LogP contribution in [0, 0.1) is 33.3 Å². The molecule has 0 saturated heterocycles. The van der Waals surface area contributed by atoms with E-state index >= 15 is 0 Å². The van der Waals surface area contributed by atoms with Crippen LogP contribution in [0.25, 0.3) is 0 Å². The van der Waals surface area contributed by atoms with Crippen molar-refractivity contribution in [2.45, 2.75) is 58.1 Å². The molecule has 0 aliphatic heterocycles. The molecule has 0 spiro atoms. The first-order valence-electron chi connectivity index (χ1n) is 10.3. The molecule has 0 radical (unpaired) electrons. The third kappa shape index (κ3) is 3.70. The van der Waals surface area contributed by atoms with Gasteiger partial charge in [0.15, 0.2) is 11.5 Å². The van der Waals surface area contributed by atoms with Crippen LogP contribution in [0.5, 0.6) is 11.5 Å². The van der Waals surface area contributed by atoms with E-state index in [4.69, 9.17) is 4.74 Å². The van der Waals surface area contributed by atoms with E-state index in [9.17, 15) is 23.7 Å². The lowest BCUT2D eigenvalue weighted by Gasteiger charge is -2.59. The number of benzene rings is 1. The molecule has 4 saturated carbocycles. The van der Waals surface area contributed by atoms with Crippen LogP contribution in [0.3, 0.4) is 0 Å². The summed E-state index contributed by atoms with van der Waals surface area (Å²) in [5.41, 5.74) is -0.793. The molecule has 5 rings (SSSR count). The number of methoxy groups -OCH3 is 1. The van der Waals surface area contributed by atoms with E-state index in [-0.39, 0.29) is 22.8 Å². The number of nitro benzene ring substituents is 1. The number of halogens is 2. The molecule has 1 atom stereocenters. The smallest absolute Gasteiger partial charge is 0.387 e. The average molecular weight is 424 g/mol. The van der Waals surface area contributed by atoms with Gasteiger partial charge >= 0.3 is 6.61 Å². The molecule has 0 heterocycles. The Hall–Kier alpha value is -2.45. The van der Waals surface area contributed by atoms with E-state index in [0.717, 1.165) is 31.4 Å². The summed E-state index contributed by atoms with van der Waals surface area (Å²) in [7, 11) is 1.22. The largest absolute Gasteiger partial charge is 0.493 e.